The molecule has 0 aliphatic carbocycles. The number of hydrogen-bond acceptors (Lipinski definition) is 7. The standard InChI is InChI=1S/C19H19N3O6S/c1-3-28-19(25)16-14-8-9-21(11(2)23)10-15(14)29-18(16)20-17(24)12-4-6-13(7-5-12)22(26)27/h4-7H,3,8-10H2,1-2H3,(H,20,24). The molecule has 0 saturated heterocycles. The van der Waals surface area contributed by atoms with Crippen molar-refractivity contribution in [2.75, 3.05) is 18.5 Å². The van der Waals surface area contributed by atoms with Gasteiger partial charge in [-0.2, -0.15) is 0 Å². The van der Waals surface area contributed by atoms with E-state index < -0.39 is 16.8 Å². The van der Waals surface area contributed by atoms with Crippen LogP contribution in [0.4, 0.5) is 10.7 Å². The molecule has 0 saturated carbocycles. The molecule has 2 heterocycles. The lowest BCUT2D eigenvalue weighted by atomic mass is 10.0. The zero-order valence-electron chi connectivity index (χ0n) is 15.9. The van der Waals surface area contributed by atoms with Crippen molar-refractivity contribution >= 4 is 39.8 Å². The van der Waals surface area contributed by atoms with Gasteiger partial charge in [0.25, 0.3) is 11.6 Å². The number of anilines is 1. The van der Waals surface area contributed by atoms with E-state index in [2.05, 4.69) is 5.32 Å². The minimum absolute atomic E-state index is 0.0572. The second-order valence-corrected chi connectivity index (χ2v) is 7.48. The number of carbonyl (C=O) groups is 3. The van der Waals surface area contributed by atoms with Crippen molar-refractivity contribution in [3.8, 4) is 0 Å². The molecule has 0 unspecified atom stereocenters. The summed E-state index contributed by atoms with van der Waals surface area (Å²) in [7, 11) is 0. The summed E-state index contributed by atoms with van der Waals surface area (Å²) in [6.07, 6.45) is 0.493. The summed E-state index contributed by atoms with van der Waals surface area (Å²) >= 11 is 1.23. The smallest absolute Gasteiger partial charge is 0.341 e. The Morgan fingerprint density at radius 1 is 1.28 bits per heavy atom. The molecule has 9 nitrogen and oxygen atoms in total. The first kappa shape index (κ1) is 20.5. The van der Waals surface area contributed by atoms with E-state index >= 15 is 0 Å². The first-order valence-electron chi connectivity index (χ1n) is 8.94. The predicted molar refractivity (Wildman–Crippen MR) is 106 cm³/mol. The zero-order chi connectivity index (χ0) is 21.1. The molecule has 0 radical (unpaired) electrons. The fraction of sp³-hybridized carbons (Fsp3) is 0.316. The molecule has 1 aliphatic rings. The number of nitrogens with one attached hydrogen (secondary N) is 1. The summed E-state index contributed by atoms with van der Waals surface area (Å²) < 4.78 is 5.16. The summed E-state index contributed by atoms with van der Waals surface area (Å²) in [4.78, 5) is 49.6. The number of benzene rings is 1. The van der Waals surface area contributed by atoms with Crippen LogP contribution in [0.25, 0.3) is 0 Å². The molecule has 0 atom stereocenters. The Bertz CT molecular complexity index is 983. The number of rotatable bonds is 5. The molecular formula is C19H19N3O6S. The van der Waals surface area contributed by atoms with Gasteiger partial charge in [0.15, 0.2) is 0 Å². The minimum atomic E-state index is -0.547. The van der Waals surface area contributed by atoms with E-state index in [9.17, 15) is 24.5 Å². The van der Waals surface area contributed by atoms with E-state index in [1.807, 2.05) is 0 Å². The Morgan fingerprint density at radius 2 is 1.97 bits per heavy atom. The molecule has 2 aromatic rings. The van der Waals surface area contributed by atoms with Gasteiger partial charge in [0.05, 0.1) is 23.6 Å². The van der Waals surface area contributed by atoms with Crippen LogP contribution in [0.5, 0.6) is 0 Å². The number of amides is 2. The van der Waals surface area contributed by atoms with Gasteiger partial charge >= 0.3 is 5.97 Å². The van der Waals surface area contributed by atoms with Gasteiger partial charge in [-0.3, -0.25) is 19.7 Å². The molecule has 3 rings (SSSR count). The highest BCUT2D eigenvalue weighted by Crippen LogP contribution is 2.38. The molecule has 1 aromatic heterocycles. The second kappa shape index (κ2) is 8.39. The van der Waals surface area contributed by atoms with Crippen LogP contribution in [0.1, 0.15) is 45.0 Å². The third kappa shape index (κ3) is 4.27. The SMILES string of the molecule is CCOC(=O)c1c(NC(=O)c2ccc([N+](=O)[O-])cc2)sc2c1CCN(C(C)=O)C2. The van der Waals surface area contributed by atoms with Crippen LogP contribution in [0.2, 0.25) is 0 Å². The van der Waals surface area contributed by atoms with Crippen LogP contribution in [0.15, 0.2) is 24.3 Å². The highest BCUT2D eigenvalue weighted by atomic mass is 32.1. The first-order valence-corrected chi connectivity index (χ1v) is 9.76. The molecule has 29 heavy (non-hydrogen) atoms. The van der Waals surface area contributed by atoms with Crippen molar-refractivity contribution in [3.63, 3.8) is 0 Å². The van der Waals surface area contributed by atoms with E-state index in [-0.39, 0.29) is 23.8 Å². The second-order valence-electron chi connectivity index (χ2n) is 6.38. The van der Waals surface area contributed by atoms with E-state index in [0.29, 0.717) is 30.1 Å². The molecule has 152 valence electrons. The average Bonchev–Trinajstić information content (AvgIpc) is 3.05. The number of nitro groups is 1. The van der Waals surface area contributed by atoms with Crippen LogP contribution in [0, 0.1) is 10.1 Å². The van der Waals surface area contributed by atoms with Gasteiger partial charge in [-0.15, -0.1) is 11.3 Å². The number of thiophene rings is 1. The number of carbonyl (C=O) groups excluding carboxylic acids is 3. The Balaban J connectivity index is 1.91. The maximum Gasteiger partial charge on any atom is 0.341 e. The lowest BCUT2D eigenvalue weighted by Crippen LogP contribution is -2.34. The molecule has 2 amide bonds. The summed E-state index contributed by atoms with van der Waals surface area (Å²) in [6.45, 7) is 4.24. The van der Waals surface area contributed by atoms with Crippen molar-refractivity contribution in [3.05, 3.63) is 55.9 Å². The molecule has 0 spiro atoms. The summed E-state index contributed by atoms with van der Waals surface area (Å²) in [5.74, 6) is -1.08. The fourth-order valence-corrected chi connectivity index (χ4v) is 4.34. The summed E-state index contributed by atoms with van der Waals surface area (Å²) in [5.41, 5.74) is 1.20. The van der Waals surface area contributed by atoms with Crippen LogP contribution < -0.4 is 5.32 Å². The minimum Gasteiger partial charge on any atom is -0.462 e. The van der Waals surface area contributed by atoms with Crippen LogP contribution in [-0.2, 0) is 22.5 Å². The topological polar surface area (TPSA) is 119 Å². The molecule has 0 fully saturated rings. The Hall–Kier alpha value is -3.27. The number of hydrogen-bond donors (Lipinski definition) is 1. The summed E-state index contributed by atoms with van der Waals surface area (Å²) in [6, 6.07) is 5.18. The number of ether oxygens (including phenoxy) is 1. The number of non-ortho nitro benzene ring substituents is 1. The van der Waals surface area contributed by atoms with Crippen molar-refractivity contribution in [2.24, 2.45) is 0 Å². The Morgan fingerprint density at radius 3 is 2.55 bits per heavy atom. The fourth-order valence-electron chi connectivity index (χ4n) is 3.09. The van der Waals surface area contributed by atoms with Crippen LogP contribution in [-0.4, -0.2) is 40.8 Å². The Kier molecular flexibility index (Phi) is 5.92. The predicted octanol–water partition coefficient (Wildman–Crippen LogP) is 2.99. The van der Waals surface area contributed by atoms with Gasteiger partial charge in [-0.25, -0.2) is 4.79 Å². The lowest BCUT2D eigenvalue weighted by molar-refractivity contribution is -0.384. The van der Waals surface area contributed by atoms with Gasteiger partial charge in [0, 0.05) is 36.0 Å². The third-order valence-corrected chi connectivity index (χ3v) is 5.68. The number of nitro benzene ring substituents is 1. The molecule has 1 aromatic carbocycles. The van der Waals surface area contributed by atoms with Crippen molar-refractivity contribution < 1.29 is 24.0 Å². The number of nitrogens with zero attached hydrogens (tertiary/aromatic N) is 2. The van der Waals surface area contributed by atoms with Gasteiger partial charge in [0.2, 0.25) is 5.91 Å². The number of fused-ring (bicyclic) bond motifs is 1. The quantitative estimate of drug-likeness (QED) is 0.454. The van der Waals surface area contributed by atoms with E-state index in [1.165, 1.54) is 42.5 Å². The zero-order valence-corrected chi connectivity index (χ0v) is 16.7. The van der Waals surface area contributed by atoms with Gasteiger partial charge < -0.3 is 15.0 Å². The molecule has 10 heteroatoms. The highest BCUT2D eigenvalue weighted by molar-refractivity contribution is 7.17. The maximum absolute atomic E-state index is 12.6. The number of esters is 1. The van der Waals surface area contributed by atoms with E-state index in [1.54, 1.807) is 11.8 Å². The van der Waals surface area contributed by atoms with Gasteiger partial charge in [0.1, 0.15) is 5.00 Å². The highest BCUT2D eigenvalue weighted by Gasteiger charge is 2.30. The lowest BCUT2D eigenvalue weighted by Gasteiger charge is -2.25. The third-order valence-electron chi connectivity index (χ3n) is 4.55. The first-order chi connectivity index (χ1) is 13.8. The van der Waals surface area contributed by atoms with Crippen molar-refractivity contribution in [1.82, 2.24) is 4.90 Å². The maximum atomic E-state index is 12.6. The molecular weight excluding hydrogens is 398 g/mol. The molecule has 1 N–H and O–H groups in total. The van der Waals surface area contributed by atoms with Crippen molar-refractivity contribution in [1.29, 1.82) is 0 Å². The van der Waals surface area contributed by atoms with Crippen molar-refractivity contribution in [2.45, 2.75) is 26.8 Å². The summed E-state index contributed by atoms with van der Waals surface area (Å²) in [5, 5.41) is 13.8. The van der Waals surface area contributed by atoms with Crippen LogP contribution in [0.3, 0.4) is 0 Å². The van der Waals surface area contributed by atoms with E-state index in [4.69, 9.17) is 4.74 Å². The van der Waals surface area contributed by atoms with Gasteiger partial charge in [-0.1, -0.05) is 0 Å². The molecule has 1 aliphatic heterocycles. The normalized spacial score (nSPS) is 12.8. The van der Waals surface area contributed by atoms with E-state index in [0.717, 1.165) is 10.4 Å². The monoisotopic (exact) mass is 417 g/mol. The largest absolute Gasteiger partial charge is 0.462 e. The average molecular weight is 417 g/mol. The van der Waals surface area contributed by atoms with Gasteiger partial charge in [-0.05, 0) is 31.0 Å². The van der Waals surface area contributed by atoms with Crippen LogP contribution >= 0.6 is 11.3 Å². The molecule has 0 bridgehead atoms. The Labute approximate surface area is 170 Å².